The Balaban J connectivity index is 2.25. The van der Waals surface area contributed by atoms with Crippen molar-refractivity contribution in [3.8, 4) is 6.19 Å². The zero-order valence-corrected chi connectivity index (χ0v) is 14.1. The first-order valence-corrected chi connectivity index (χ1v) is 7.95. The average molecular weight is 323 g/mol. The predicted octanol–water partition coefficient (Wildman–Crippen LogP) is 2.92. The smallest absolute Gasteiger partial charge is 0.258 e. The Bertz CT molecular complexity index is 795. The molecule has 0 aliphatic rings. The zero-order valence-electron chi connectivity index (χ0n) is 14.1. The van der Waals surface area contributed by atoms with Gasteiger partial charge in [-0.25, -0.2) is 0 Å². The first-order valence-electron chi connectivity index (χ1n) is 7.95. The van der Waals surface area contributed by atoms with Gasteiger partial charge in [-0.3, -0.25) is 14.5 Å². The molecule has 2 aromatic rings. The second-order valence-electron chi connectivity index (χ2n) is 5.90. The SMILES string of the molecule is CCC(C)C(NC(=O)c1ccc2ccccc2c1)C(=O)N(C)C#N. The number of nitrogens with zero attached hydrogens (tertiary/aromatic N) is 2. The van der Waals surface area contributed by atoms with Gasteiger partial charge in [0.2, 0.25) is 0 Å². The van der Waals surface area contributed by atoms with Crippen LogP contribution in [-0.2, 0) is 4.79 Å². The second kappa shape index (κ2) is 7.60. The van der Waals surface area contributed by atoms with Crippen LogP contribution in [0.4, 0.5) is 0 Å². The molecule has 2 atom stereocenters. The van der Waals surface area contributed by atoms with E-state index in [9.17, 15) is 9.59 Å². The van der Waals surface area contributed by atoms with Crippen LogP contribution in [0.5, 0.6) is 0 Å². The van der Waals surface area contributed by atoms with Gasteiger partial charge in [-0.1, -0.05) is 50.6 Å². The van der Waals surface area contributed by atoms with Gasteiger partial charge in [0.25, 0.3) is 11.8 Å². The third kappa shape index (κ3) is 3.72. The van der Waals surface area contributed by atoms with E-state index in [4.69, 9.17) is 5.26 Å². The molecule has 2 amide bonds. The molecule has 0 radical (unpaired) electrons. The Morgan fingerprint density at radius 3 is 2.50 bits per heavy atom. The summed E-state index contributed by atoms with van der Waals surface area (Å²) in [5.74, 6) is -0.788. The molecule has 1 N–H and O–H groups in total. The average Bonchev–Trinajstić information content (AvgIpc) is 2.63. The minimum absolute atomic E-state index is 0.0716. The van der Waals surface area contributed by atoms with Crippen LogP contribution in [0.3, 0.4) is 0 Å². The monoisotopic (exact) mass is 323 g/mol. The van der Waals surface area contributed by atoms with Gasteiger partial charge in [-0.2, -0.15) is 5.26 Å². The fraction of sp³-hybridized carbons (Fsp3) is 0.316. The number of likely N-dealkylation sites (N-methyl/N-ethyl adjacent to an activating group) is 1. The molecular weight excluding hydrogens is 302 g/mol. The molecule has 0 saturated carbocycles. The fourth-order valence-electron chi connectivity index (χ4n) is 2.50. The number of hydrogen-bond acceptors (Lipinski definition) is 3. The number of amides is 2. The number of rotatable bonds is 5. The summed E-state index contributed by atoms with van der Waals surface area (Å²) in [6.45, 7) is 3.83. The first kappa shape index (κ1) is 17.5. The molecule has 0 saturated heterocycles. The summed E-state index contributed by atoms with van der Waals surface area (Å²) in [5.41, 5.74) is 0.495. The number of benzene rings is 2. The summed E-state index contributed by atoms with van der Waals surface area (Å²) in [4.78, 5) is 25.9. The number of carbonyl (C=O) groups is 2. The Labute approximate surface area is 141 Å². The van der Waals surface area contributed by atoms with E-state index in [0.29, 0.717) is 12.0 Å². The highest BCUT2D eigenvalue weighted by atomic mass is 16.2. The molecule has 5 heteroatoms. The fourth-order valence-corrected chi connectivity index (χ4v) is 2.50. The molecule has 0 heterocycles. The van der Waals surface area contributed by atoms with E-state index in [1.807, 2.05) is 44.2 Å². The molecule has 2 rings (SSSR count). The molecule has 0 aliphatic carbocycles. The molecule has 0 fully saturated rings. The molecular formula is C19H21N3O2. The molecule has 0 aliphatic heterocycles. The third-order valence-corrected chi connectivity index (χ3v) is 4.26. The molecule has 0 bridgehead atoms. The van der Waals surface area contributed by atoms with Gasteiger partial charge in [0.05, 0.1) is 0 Å². The molecule has 2 aromatic carbocycles. The maximum absolute atomic E-state index is 12.6. The van der Waals surface area contributed by atoms with E-state index >= 15 is 0 Å². The van der Waals surface area contributed by atoms with Crippen LogP contribution >= 0.6 is 0 Å². The lowest BCUT2D eigenvalue weighted by atomic mass is 9.97. The summed E-state index contributed by atoms with van der Waals surface area (Å²) in [5, 5.41) is 13.7. The van der Waals surface area contributed by atoms with Crippen molar-refractivity contribution < 1.29 is 9.59 Å². The molecule has 124 valence electrons. The topological polar surface area (TPSA) is 73.2 Å². The Morgan fingerprint density at radius 1 is 1.21 bits per heavy atom. The highest BCUT2D eigenvalue weighted by Crippen LogP contribution is 2.17. The van der Waals surface area contributed by atoms with Gasteiger partial charge in [-0.05, 0) is 28.8 Å². The van der Waals surface area contributed by atoms with Crippen molar-refractivity contribution in [2.24, 2.45) is 5.92 Å². The zero-order chi connectivity index (χ0) is 17.7. The van der Waals surface area contributed by atoms with Crippen molar-refractivity contribution in [2.75, 3.05) is 7.05 Å². The number of fused-ring (bicyclic) bond motifs is 1. The van der Waals surface area contributed by atoms with E-state index in [0.717, 1.165) is 15.7 Å². The molecule has 0 spiro atoms. The van der Waals surface area contributed by atoms with E-state index in [2.05, 4.69) is 5.32 Å². The van der Waals surface area contributed by atoms with Crippen LogP contribution in [0.15, 0.2) is 42.5 Å². The van der Waals surface area contributed by atoms with E-state index in [1.54, 1.807) is 18.3 Å². The predicted molar refractivity (Wildman–Crippen MR) is 93.0 cm³/mol. The van der Waals surface area contributed by atoms with Crippen molar-refractivity contribution >= 4 is 22.6 Å². The van der Waals surface area contributed by atoms with Crippen molar-refractivity contribution in [3.05, 3.63) is 48.0 Å². The first-order chi connectivity index (χ1) is 11.5. The lowest BCUT2D eigenvalue weighted by molar-refractivity contribution is -0.130. The van der Waals surface area contributed by atoms with E-state index < -0.39 is 11.9 Å². The summed E-state index contributed by atoms with van der Waals surface area (Å²) >= 11 is 0. The largest absolute Gasteiger partial charge is 0.340 e. The van der Waals surface area contributed by atoms with Crippen molar-refractivity contribution in [3.63, 3.8) is 0 Å². The maximum atomic E-state index is 12.6. The van der Waals surface area contributed by atoms with Crippen LogP contribution in [0.1, 0.15) is 30.6 Å². The number of nitriles is 1. The second-order valence-corrected chi connectivity index (χ2v) is 5.90. The third-order valence-electron chi connectivity index (χ3n) is 4.26. The molecule has 0 aromatic heterocycles. The summed E-state index contributed by atoms with van der Waals surface area (Å²) < 4.78 is 0. The van der Waals surface area contributed by atoms with Crippen LogP contribution in [-0.4, -0.2) is 29.8 Å². The van der Waals surface area contributed by atoms with Gasteiger partial charge in [0.15, 0.2) is 6.19 Å². The van der Waals surface area contributed by atoms with Gasteiger partial charge >= 0.3 is 0 Å². The number of carbonyl (C=O) groups excluding carboxylic acids is 2. The highest BCUT2D eigenvalue weighted by molar-refractivity contribution is 6.00. The van der Waals surface area contributed by atoms with Crippen LogP contribution in [0.2, 0.25) is 0 Å². The van der Waals surface area contributed by atoms with E-state index in [1.165, 1.54) is 7.05 Å². The Kier molecular flexibility index (Phi) is 5.54. The minimum atomic E-state index is -0.723. The lowest BCUT2D eigenvalue weighted by Gasteiger charge is -2.25. The number of hydrogen-bond donors (Lipinski definition) is 1. The highest BCUT2D eigenvalue weighted by Gasteiger charge is 2.28. The van der Waals surface area contributed by atoms with Gasteiger partial charge < -0.3 is 5.32 Å². The molecule has 2 unspecified atom stereocenters. The van der Waals surface area contributed by atoms with Crippen LogP contribution in [0.25, 0.3) is 10.8 Å². The Morgan fingerprint density at radius 2 is 1.88 bits per heavy atom. The standard InChI is InChI=1S/C19H21N3O2/c1-4-13(2)17(19(24)22(3)12-20)21-18(23)16-10-9-14-7-5-6-8-15(14)11-16/h5-11,13,17H,4H2,1-3H3,(H,21,23). The van der Waals surface area contributed by atoms with Crippen LogP contribution < -0.4 is 5.32 Å². The summed E-state index contributed by atoms with van der Waals surface area (Å²) in [6.07, 6.45) is 2.51. The minimum Gasteiger partial charge on any atom is -0.340 e. The van der Waals surface area contributed by atoms with E-state index in [-0.39, 0.29) is 11.8 Å². The summed E-state index contributed by atoms with van der Waals surface area (Å²) in [6, 6.07) is 12.5. The van der Waals surface area contributed by atoms with Crippen molar-refractivity contribution in [1.82, 2.24) is 10.2 Å². The molecule has 24 heavy (non-hydrogen) atoms. The van der Waals surface area contributed by atoms with Crippen LogP contribution in [0, 0.1) is 17.4 Å². The summed E-state index contributed by atoms with van der Waals surface area (Å²) in [7, 11) is 1.40. The Hall–Kier alpha value is -2.87. The normalized spacial score (nSPS) is 12.9. The van der Waals surface area contributed by atoms with Crippen molar-refractivity contribution in [1.29, 1.82) is 5.26 Å². The maximum Gasteiger partial charge on any atom is 0.258 e. The number of nitrogens with one attached hydrogen (secondary N) is 1. The molecule has 5 nitrogen and oxygen atoms in total. The quantitative estimate of drug-likeness (QED) is 0.679. The lowest BCUT2D eigenvalue weighted by Crippen LogP contribution is -2.49. The van der Waals surface area contributed by atoms with Gasteiger partial charge in [0.1, 0.15) is 6.04 Å². The van der Waals surface area contributed by atoms with Gasteiger partial charge in [0, 0.05) is 12.6 Å². The van der Waals surface area contributed by atoms with Crippen molar-refractivity contribution in [2.45, 2.75) is 26.3 Å². The van der Waals surface area contributed by atoms with Gasteiger partial charge in [-0.15, -0.1) is 0 Å².